The van der Waals surface area contributed by atoms with Crippen LogP contribution in [0.4, 0.5) is 0 Å². The molecule has 0 unspecified atom stereocenters. The fourth-order valence-corrected chi connectivity index (χ4v) is 6.84. The van der Waals surface area contributed by atoms with Crippen LogP contribution in [0.5, 0.6) is 5.75 Å². The molecular formula is C25H29NO7. The molecule has 1 aliphatic heterocycles. The Morgan fingerprint density at radius 3 is 2.48 bits per heavy atom. The van der Waals surface area contributed by atoms with Gasteiger partial charge in [-0.05, 0) is 49.7 Å². The number of carbonyl (C=O) groups is 1. The molecule has 8 heteroatoms. The van der Waals surface area contributed by atoms with Crippen LogP contribution in [0.2, 0.25) is 0 Å². The zero-order chi connectivity index (χ0) is 23.8. The number of hydrogen-bond acceptors (Lipinski definition) is 8. The summed E-state index contributed by atoms with van der Waals surface area (Å²) in [7, 11) is 0. The molecule has 3 N–H and O–H groups in total. The Kier molecular flexibility index (Phi) is 4.87. The molecule has 2 aliphatic carbocycles. The monoisotopic (exact) mass is 455 g/mol. The van der Waals surface area contributed by atoms with Crippen LogP contribution in [0.15, 0.2) is 39.8 Å². The van der Waals surface area contributed by atoms with Crippen molar-refractivity contribution < 1.29 is 29.3 Å². The molecule has 5 rings (SSSR count). The Morgan fingerprint density at radius 2 is 1.82 bits per heavy atom. The van der Waals surface area contributed by atoms with Gasteiger partial charge in [0.2, 0.25) is 0 Å². The van der Waals surface area contributed by atoms with Crippen LogP contribution in [-0.4, -0.2) is 50.5 Å². The predicted molar refractivity (Wildman–Crippen MR) is 118 cm³/mol. The van der Waals surface area contributed by atoms with Gasteiger partial charge >= 0.3 is 5.63 Å². The summed E-state index contributed by atoms with van der Waals surface area (Å²) < 4.78 is 11.8. The summed E-state index contributed by atoms with van der Waals surface area (Å²) in [5.74, 6) is -1.25. The predicted octanol–water partition coefficient (Wildman–Crippen LogP) is 2.19. The molecule has 3 aliphatic rings. The first-order valence-electron chi connectivity index (χ1n) is 11.3. The molecule has 0 aromatic carbocycles. The van der Waals surface area contributed by atoms with Crippen molar-refractivity contribution in [1.29, 1.82) is 0 Å². The molecule has 0 spiro atoms. The van der Waals surface area contributed by atoms with E-state index in [1.54, 1.807) is 38.4 Å². The van der Waals surface area contributed by atoms with Gasteiger partial charge in [0, 0.05) is 29.4 Å². The molecule has 33 heavy (non-hydrogen) atoms. The van der Waals surface area contributed by atoms with Crippen molar-refractivity contribution in [3.63, 3.8) is 0 Å². The maximum Gasteiger partial charge on any atom is 0.351 e. The maximum atomic E-state index is 13.9. The van der Waals surface area contributed by atoms with E-state index >= 15 is 0 Å². The number of carbonyl (C=O) groups excluding carboxylic acids is 1. The largest absolute Gasteiger partial charge is 0.483 e. The third-order valence-electron chi connectivity index (χ3n) is 8.72. The number of Topliss-reactive ketones (excluding diaryl/α,β-unsaturated/α-hetero) is 1. The first-order chi connectivity index (χ1) is 15.6. The molecule has 0 saturated heterocycles. The van der Waals surface area contributed by atoms with Gasteiger partial charge in [-0.15, -0.1) is 0 Å². The summed E-state index contributed by atoms with van der Waals surface area (Å²) in [5, 5.41) is 32.2. The van der Waals surface area contributed by atoms with Gasteiger partial charge in [0.15, 0.2) is 5.78 Å². The van der Waals surface area contributed by atoms with E-state index in [-0.39, 0.29) is 36.0 Å². The minimum absolute atomic E-state index is 0.101. The Balaban J connectivity index is 1.66. The Hall–Kier alpha value is -2.55. The van der Waals surface area contributed by atoms with Gasteiger partial charge in [0.05, 0.1) is 24.7 Å². The summed E-state index contributed by atoms with van der Waals surface area (Å²) >= 11 is 0. The molecule has 176 valence electrons. The van der Waals surface area contributed by atoms with Crippen LogP contribution in [0, 0.1) is 22.7 Å². The molecule has 2 saturated carbocycles. The molecule has 8 nitrogen and oxygen atoms in total. The number of nitrogens with zero attached hydrogens (tertiary/aromatic N) is 1. The summed E-state index contributed by atoms with van der Waals surface area (Å²) in [6.07, 6.45) is 2.52. The van der Waals surface area contributed by atoms with Gasteiger partial charge in [-0.1, -0.05) is 13.8 Å². The van der Waals surface area contributed by atoms with Gasteiger partial charge < -0.3 is 24.5 Å². The normalized spacial score (nSPS) is 39.8. The molecule has 2 aromatic rings. The topological polar surface area (TPSA) is 130 Å². The lowest BCUT2D eigenvalue weighted by Crippen LogP contribution is -2.71. The van der Waals surface area contributed by atoms with E-state index in [0.29, 0.717) is 18.4 Å². The van der Waals surface area contributed by atoms with Gasteiger partial charge in [-0.3, -0.25) is 9.78 Å². The lowest BCUT2D eigenvalue weighted by Gasteiger charge is -2.64. The number of hydrogen-bond donors (Lipinski definition) is 3. The fraction of sp³-hybridized carbons (Fsp3) is 0.560. The summed E-state index contributed by atoms with van der Waals surface area (Å²) in [5.41, 5.74) is -3.17. The minimum Gasteiger partial charge on any atom is -0.483 e. The molecule has 3 heterocycles. The van der Waals surface area contributed by atoms with E-state index in [4.69, 9.17) is 9.15 Å². The van der Waals surface area contributed by atoms with Crippen molar-refractivity contribution in [3.8, 4) is 17.1 Å². The van der Waals surface area contributed by atoms with Crippen LogP contribution in [0.3, 0.4) is 0 Å². The first-order valence-corrected chi connectivity index (χ1v) is 11.3. The van der Waals surface area contributed by atoms with Crippen LogP contribution < -0.4 is 10.4 Å². The number of aromatic nitrogens is 1. The number of fused-ring (bicyclic) bond motifs is 4. The van der Waals surface area contributed by atoms with Crippen LogP contribution in [-0.2, 0) is 0 Å². The number of aliphatic hydroxyl groups is 3. The van der Waals surface area contributed by atoms with E-state index in [9.17, 15) is 24.9 Å². The lowest BCUT2D eigenvalue weighted by atomic mass is 9.43. The molecule has 2 aromatic heterocycles. The Labute approximate surface area is 191 Å². The minimum atomic E-state index is -1.27. The van der Waals surface area contributed by atoms with Crippen molar-refractivity contribution in [2.24, 2.45) is 22.7 Å². The van der Waals surface area contributed by atoms with Gasteiger partial charge in [-0.25, -0.2) is 4.79 Å². The van der Waals surface area contributed by atoms with E-state index in [2.05, 4.69) is 4.98 Å². The van der Waals surface area contributed by atoms with Gasteiger partial charge in [0.1, 0.15) is 22.7 Å². The number of rotatable bonds is 2. The van der Waals surface area contributed by atoms with E-state index < -0.39 is 46.0 Å². The van der Waals surface area contributed by atoms with Crippen LogP contribution in [0.25, 0.3) is 11.3 Å². The summed E-state index contributed by atoms with van der Waals surface area (Å²) in [6, 6.07) is 4.89. The molecule has 0 amide bonds. The van der Waals surface area contributed by atoms with Gasteiger partial charge in [-0.2, -0.15) is 0 Å². The number of pyridine rings is 1. The van der Waals surface area contributed by atoms with Crippen LogP contribution >= 0.6 is 0 Å². The lowest BCUT2D eigenvalue weighted by molar-refractivity contribution is -0.226. The number of ether oxygens (including phenoxy) is 1. The Bertz CT molecular complexity index is 1160. The summed E-state index contributed by atoms with van der Waals surface area (Å²) in [6.45, 7) is 5.19. The summed E-state index contributed by atoms with van der Waals surface area (Å²) in [4.78, 5) is 30.9. The van der Waals surface area contributed by atoms with Crippen molar-refractivity contribution in [1.82, 2.24) is 4.98 Å². The zero-order valence-electron chi connectivity index (χ0n) is 18.9. The number of aliphatic hydroxyl groups excluding tert-OH is 3. The SMILES string of the molecule is C[C@]12CC[C@H](O)[C@@](C)(CO)[C@@H]1C[C@H](O)[C@@]1(C)Oc3cc(-c4ccncc4)oc(=O)c3C(=O)[C@H]21. The van der Waals surface area contributed by atoms with Crippen molar-refractivity contribution in [3.05, 3.63) is 46.6 Å². The second-order valence-electron chi connectivity index (χ2n) is 10.5. The van der Waals surface area contributed by atoms with E-state index in [1.165, 1.54) is 6.07 Å². The van der Waals surface area contributed by atoms with E-state index in [0.717, 1.165) is 0 Å². The smallest absolute Gasteiger partial charge is 0.351 e. The fourth-order valence-electron chi connectivity index (χ4n) is 6.84. The third kappa shape index (κ3) is 2.90. The van der Waals surface area contributed by atoms with Gasteiger partial charge in [0.25, 0.3) is 0 Å². The van der Waals surface area contributed by atoms with Crippen LogP contribution in [0.1, 0.15) is 50.4 Å². The third-order valence-corrected chi connectivity index (χ3v) is 8.72. The maximum absolute atomic E-state index is 13.9. The highest BCUT2D eigenvalue weighted by atomic mass is 16.5. The molecule has 0 bridgehead atoms. The number of ketones is 1. The van der Waals surface area contributed by atoms with E-state index in [1.807, 2.05) is 6.92 Å². The molecule has 0 radical (unpaired) electrons. The highest BCUT2D eigenvalue weighted by Crippen LogP contribution is 2.64. The van der Waals surface area contributed by atoms with Crippen molar-refractivity contribution in [2.75, 3.05) is 6.61 Å². The average Bonchev–Trinajstić information content (AvgIpc) is 2.78. The average molecular weight is 456 g/mol. The second-order valence-corrected chi connectivity index (χ2v) is 10.5. The molecular weight excluding hydrogens is 426 g/mol. The molecule has 7 atom stereocenters. The molecule has 2 fully saturated rings. The highest BCUT2D eigenvalue weighted by molar-refractivity contribution is 6.02. The zero-order valence-corrected chi connectivity index (χ0v) is 18.9. The second kappa shape index (κ2) is 7.22. The van der Waals surface area contributed by atoms with Crippen molar-refractivity contribution >= 4 is 5.78 Å². The van der Waals surface area contributed by atoms with Crippen molar-refractivity contribution in [2.45, 2.75) is 57.8 Å². The highest BCUT2D eigenvalue weighted by Gasteiger charge is 2.69. The quantitative estimate of drug-likeness (QED) is 0.628. The standard InChI is InChI=1S/C25H29NO7/c1-23-7-4-17(28)24(2,12-27)16(23)11-18(29)25(3)21(23)20(30)19-15(33-25)10-14(32-22(19)31)13-5-8-26-9-6-13/h5-6,8-10,16-18,21,27-29H,4,7,11-12H2,1-3H3/t16-,17+,18+,21-,23+,24+,25-/m1/s1. The first kappa shape index (κ1) is 22.3. The Morgan fingerprint density at radius 1 is 1.12 bits per heavy atom.